The summed E-state index contributed by atoms with van der Waals surface area (Å²) >= 11 is 0. The minimum absolute atomic E-state index is 0.0287. The number of amides is 1. The van der Waals surface area contributed by atoms with E-state index in [4.69, 9.17) is 4.98 Å². The largest absolute Gasteiger partial charge is 0.389 e. The van der Waals surface area contributed by atoms with Gasteiger partial charge in [-0.25, -0.2) is 4.98 Å². The van der Waals surface area contributed by atoms with E-state index in [9.17, 15) is 9.90 Å². The summed E-state index contributed by atoms with van der Waals surface area (Å²) < 4.78 is 0. The summed E-state index contributed by atoms with van der Waals surface area (Å²) in [7, 11) is 2.23. The topological polar surface area (TPSA) is 72.5 Å². The molecular weight excluding hydrogens is 448 g/mol. The van der Waals surface area contributed by atoms with Crippen LogP contribution in [0.5, 0.6) is 0 Å². The molecule has 1 amide bonds. The van der Waals surface area contributed by atoms with E-state index in [0.29, 0.717) is 24.6 Å². The molecule has 1 unspecified atom stereocenters. The standard InChI is InChI=1S/C30H30N4O2/c1-33-14-21-4-2-3-20-9-22(10-24(15-33)28(20)21)23-11-26-27(13-32-29(26)31-12-23)18-5-7-19(8-6-18)30(36)34-16-25(35)17-34/h5-13,21,25,35H,2-4,14-17H2,1H3,(H,31,32). The number of aryl methyl sites for hydroxylation is 1. The number of fused-ring (bicyclic) bond motifs is 1. The van der Waals surface area contributed by atoms with Crippen molar-refractivity contribution in [1.29, 1.82) is 0 Å². The van der Waals surface area contributed by atoms with E-state index in [1.807, 2.05) is 36.7 Å². The lowest BCUT2D eigenvalue weighted by molar-refractivity contribution is 0.00590. The van der Waals surface area contributed by atoms with Crippen LogP contribution in [-0.2, 0) is 13.0 Å². The molecule has 6 heteroatoms. The first-order valence-corrected chi connectivity index (χ1v) is 12.9. The first-order chi connectivity index (χ1) is 17.5. The lowest BCUT2D eigenvalue weighted by Gasteiger charge is -2.37. The number of pyridine rings is 1. The molecule has 0 saturated carbocycles. The van der Waals surface area contributed by atoms with Crippen LogP contribution in [0.3, 0.4) is 0 Å². The fraction of sp³-hybridized carbons (Fsp3) is 0.333. The average molecular weight is 479 g/mol. The van der Waals surface area contributed by atoms with Gasteiger partial charge in [0.2, 0.25) is 0 Å². The molecule has 1 atom stereocenters. The predicted octanol–water partition coefficient (Wildman–Crippen LogP) is 4.58. The van der Waals surface area contributed by atoms with E-state index in [1.165, 1.54) is 42.5 Å². The normalized spacial score (nSPS) is 19.8. The number of aliphatic hydroxyl groups is 1. The van der Waals surface area contributed by atoms with Crippen LogP contribution in [-0.4, -0.2) is 63.6 Å². The number of likely N-dealkylation sites (tertiary alicyclic amines) is 1. The first-order valence-electron chi connectivity index (χ1n) is 12.9. The van der Waals surface area contributed by atoms with E-state index < -0.39 is 6.10 Å². The van der Waals surface area contributed by atoms with Crippen molar-refractivity contribution >= 4 is 16.9 Å². The van der Waals surface area contributed by atoms with Crippen molar-refractivity contribution in [2.24, 2.45) is 0 Å². The molecule has 182 valence electrons. The number of hydrogen-bond donors (Lipinski definition) is 2. The summed E-state index contributed by atoms with van der Waals surface area (Å²) in [5.41, 5.74) is 10.6. The third-order valence-corrected chi connectivity index (χ3v) is 8.19. The third-order valence-electron chi connectivity index (χ3n) is 8.19. The number of hydrogen-bond acceptors (Lipinski definition) is 4. The van der Waals surface area contributed by atoms with Crippen LogP contribution >= 0.6 is 0 Å². The molecule has 36 heavy (non-hydrogen) atoms. The monoisotopic (exact) mass is 478 g/mol. The Kier molecular flexibility index (Phi) is 5.01. The van der Waals surface area contributed by atoms with Gasteiger partial charge in [-0.2, -0.15) is 0 Å². The van der Waals surface area contributed by atoms with Crippen molar-refractivity contribution in [3.05, 3.63) is 77.1 Å². The van der Waals surface area contributed by atoms with Gasteiger partial charge in [-0.15, -0.1) is 0 Å². The maximum absolute atomic E-state index is 12.6. The molecule has 3 aliphatic rings. The van der Waals surface area contributed by atoms with Gasteiger partial charge in [-0.3, -0.25) is 4.79 Å². The highest BCUT2D eigenvalue weighted by atomic mass is 16.3. The third kappa shape index (κ3) is 3.55. The molecule has 1 aliphatic carbocycles. The number of nitrogens with zero attached hydrogens (tertiary/aromatic N) is 3. The van der Waals surface area contributed by atoms with Crippen molar-refractivity contribution in [2.45, 2.75) is 37.8 Å². The second-order valence-corrected chi connectivity index (χ2v) is 10.8. The number of β-amino-alcohol motifs (C(OH)–C–C–N with tert-alkyl or cyclic N) is 1. The number of nitrogens with one attached hydrogen (secondary N) is 1. The molecular formula is C30H30N4O2. The zero-order valence-electron chi connectivity index (χ0n) is 20.5. The molecule has 1 fully saturated rings. The van der Waals surface area contributed by atoms with E-state index in [1.54, 1.807) is 10.5 Å². The molecule has 2 N–H and O–H groups in total. The van der Waals surface area contributed by atoms with Gasteiger partial charge in [-0.1, -0.05) is 18.2 Å². The van der Waals surface area contributed by atoms with Crippen LogP contribution < -0.4 is 0 Å². The number of aliphatic hydroxyl groups excluding tert-OH is 1. The van der Waals surface area contributed by atoms with Crippen LogP contribution in [0, 0.1) is 0 Å². The zero-order valence-corrected chi connectivity index (χ0v) is 20.5. The first kappa shape index (κ1) is 21.8. The molecule has 7 rings (SSSR count). The Balaban J connectivity index is 1.24. The molecule has 2 aliphatic heterocycles. The summed E-state index contributed by atoms with van der Waals surface area (Å²) in [6.07, 6.45) is 7.33. The van der Waals surface area contributed by atoms with Crippen molar-refractivity contribution in [3.63, 3.8) is 0 Å². The Hall–Kier alpha value is -3.48. The van der Waals surface area contributed by atoms with Crippen LogP contribution in [0.25, 0.3) is 33.3 Å². The number of carbonyl (C=O) groups excluding carboxylic acids is 1. The van der Waals surface area contributed by atoms with Crippen LogP contribution in [0.15, 0.2) is 54.9 Å². The quantitative estimate of drug-likeness (QED) is 0.452. The Morgan fingerprint density at radius 1 is 1.03 bits per heavy atom. The smallest absolute Gasteiger partial charge is 0.254 e. The fourth-order valence-corrected chi connectivity index (χ4v) is 6.40. The minimum atomic E-state index is -0.391. The zero-order chi connectivity index (χ0) is 24.4. The maximum Gasteiger partial charge on any atom is 0.254 e. The van der Waals surface area contributed by atoms with Crippen LogP contribution in [0.2, 0.25) is 0 Å². The van der Waals surface area contributed by atoms with E-state index in [2.05, 4.69) is 35.1 Å². The molecule has 2 aromatic heterocycles. The number of aromatic nitrogens is 2. The number of H-pyrrole nitrogens is 1. The summed E-state index contributed by atoms with van der Waals surface area (Å²) in [4.78, 5) is 24.8. The van der Waals surface area contributed by atoms with Crippen molar-refractivity contribution in [3.8, 4) is 22.3 Å². The lowest BCUT2D eigenvalue weighted by Crippen LogP contribution is -2.53. The Bertz CT molecular complexity index is 1480. The number of carbonyl (C=O) groups is 1. The number of aromatic amines is 1. The summed E-state index contributed by atoms with van der Waals surface area (Å²) in [5, 5.41) is 10.6. The highest BCUT2D eigenvalue weighted by Gasteiger charge is 2.30. The highest BCUT2D eigenvalue weighted by Crippen LogP contribution is 2.41. The van der Waals surface area contributed by atoms with Crippen LogP contribution in [0.1, 0.15) is 45.8 Å². The Labute approximate surface area is 210 Å². The Morgan fingerprint density at radius 2 is 1.83 bits per heavy atom. The van der Waals surface area contributed by atoms with Crippen molar-refractivity contribution < 1.29 is 9.90 Å². The van der Waals surface area contributed by atoms with Crippen molar-refractivity contribution in [1.82, 2.24) is 19.8 Å². The van der Waals surface area contributed by atoms with Gasteiger partial charge in [0.15, 0.2) is 0 Å². The molecule has 2 aromatic carbocycles. The summed E-state index contributed by atoms with van der Waals surface area (Å²) in [6, 6.07) is 14.8. The molecule has 0 spiro atoms. The van der Waals surface area contributed by atoms with Crippen molar-refractivity contribution in [2.75, 3.05) is 26.7 Å². The second kappa shape index (κ2) is 8.29. The van der Waals surface area contributed by atoms with E-state index in [-0.39, 0.29) is 5.91 Å². The van der Waals surface area contributed by atoms with Crippen LogP contribution in [0.4, 0.5) is 0 Å². The molecule has 0 bridgehead atoms. The average Bonchev–Trinajstić information content (AvgIpc) is 3.29. The van der Waals surface area contributed by atoms with Gasteiger partial charge in [0.25, 0.3) is 5.91 Å². The number of likely N-dealkylation sites (N-methyl/N-ethyl adjacent to an activating group) is 1. The Morgan fingerprint density at radius 3 is 2.64 bits per heavy atom. The van der Waals surface area contributed by atoms with Gasteiger partial charge in [0, 0.05) is 60.6 Å². The maximum atomic E-state index is 12.6. The molecule has 0 radical (unpaired) electrons. The molecule has 1 saturated heterocycles. The van der Waals surface area contributed by atoms with Gasteiger partial charge in [0.1, 0.15) is 5.65 Å². The minimum Gasteiger partial charge on any atom is -0.389 e. The molecule has 4 aromatic rings. The number of rotatable bonds is 3. The van der Waals surface area contributed by atoms with E-state index >= 15 is 0 Å². The highest BCUT2D eigenvalue weighted by molar-refractivity contribution is 5.98. The molecule has 6 nitrogen and oxygen atoms in total. The van der Waals surface area contributed by atoms with Gasteiger partial charge in [-0.05, 0) is 84.3 Å². The van der Waals surface area contributed by atoms with Gasteiger partial charge < -0.3 is 19.9 Å². The predicted molar refractivity (Wildman–Crippen MR) is 141 cm³/mol. The van der Waals surface area contributed by atoms with E-state index in [0.717, 1.165) is 34.3 Å². The number of benzene rings is 2. The summed E-state index contributed by atoms with van der Waals surface area (Å²) in [6.45, 7) is 3.01. The molecule has 4 heterocycles. The summed E-state index contributed by atoms with van der Waals surface area (Å²) in [5.74, 6) is 0.647. The van der Waals surface area contributed by atoms with Gasteiger partial charge in [0.05, 0.1) is 6.10 Å². The second-order valence-electron chi connectivity index (χ2n) is 10.8. The lowest BCUT2D eigenvalue weighted by atomic mass is 9.76. The SMILES string of the molecule is CN1Cc2cc(-c3cnc4[nH]cc(-c5ccc(C(=O)N6CC(O)C6)cc5)c4c3)cc3c2C(CCC3)C1. The van der Waals surface area contributed by atoms with Gasteiger partial charge >= 0.3 is 0 Å². The fourth-order valence-electron chi connectivity index (χ4n) is 6.40.